The summed E-state index contributed by atoms with van der Waals surface area (Å²) in [6, 6.07) is 16.1. The van der Waals surface area contributed by atoms with Crippen LogP contribution in [-0.4, -0.2) is 20.2 Å². The average Bonchev–Trinajstić information content (AvgIpc) is 2.42. The summed E-state index contributed by atoms with van der Waals surface area (Å²) in [4.78, 5) is 2.16. The van der Waals surface area contributed by atoms with E-state index in [0.29, 0.717) is 12.3 Å². The van der Waals surface area contributed by atoms with Gasteiger partial charge in [-0.1, -0.05) is 24.3 Å². The minimum Gasteiger partial charge on any atom is -0.490 e. The molecule has 2 aromatic rings. The van der Waals surface area contributed by atoms with Crippen LogP contribution in [0.3, 0.4) is 0 Å². The van der Waals surface area contributed by atoms with Crippen LogP contribution in [0.1, 0.15) is 5.56 Å². The third-order valence-electron chi connectivity index (χ3n) is 3.05. The van der Waals surface area contributed by atoms with E-state index in [-0.39, 0.29) is 0 Å². The lowest BCUT2D eigenvalue weighted by molar-refractivity contribution is 0.327. The van der Waals surface area contributed by atoms with Crippen LogP contribution in [0.25, 0.3) is 0 Å². The van der Waals surface area contributed by atoms with Gasteiger partial charge in [-0.2, -0.15) is 0 Å². The summed E-state index contributed by atoms with van der Waals surface area (Å²) in [7, 11) is 2.05. The van der Waals surface area contributed by atoms with Crippen molar-refractivity contribution in [1.29, 1.82) is 0 Å². The lowest BCUT2D eigenvalue weighted by Crippen LogP contribution is -2.23. The highest BCUT2D eigenvalue weighted by Gasteiger charge is 2.02. The van der Waals surface area contributed by atoms with E-state index in [1.54, 1.807) is 0 Å². The summed E-state index contributed by atoms with van der Waals surface area (Å²) in [6.45, 7) is 3.44. The van der Waals surface area contributed by atoms with Crippen molar-refractivity contribution >= 4 is 11.4 Å². The number of likely N-dealkylation sites (N-methyl/N-ethyl adjacent to an activating group) is 1. The smallest absolute Gasteiger partial charge is 0.142 e. The third-order valence-corrected chi connectivity index (χ3v) is 3.05. The van der Waals surface area contributed by atoms with E-state index < -0.39 is 0 Å². The number of aryl methyl sites for hydroxylation is 1. The van der Waals surface area contributed by atoms with E-state index in [2.05, 4.69) is 24.1 Å². The van der Waals surface area contributed by atoms with Crippen LogP contribution in [0.4, 0.5) is 11.4 Å². The number of nitrogen functional groups attached to an aromatic ring is 1. The Balaban J connectivity index is 1.86. The van der Waals surface area contributed by atoms with Gasteiger partial charge in [-0.3, -0.25) is 0 Å². The van der Waals surface area contributed by atoms with Gasteiger partial charge in [0, 0.05) is 12.7 Å². The van der Waals surface area contributed by atoms with Gasteiger partial charge in [-0.25, -0.2) is 0 Å². The number of anilines is 2. The van der Waals surface area contributed by atoms with Crippen molar-refractivity contribution in [3.05, 3.63) is 54.1 Å². The summed E-state index contributed by atoms with van der Waals surface area (Å²) in [5.74, 6) is 0.757. The zero-order valence-electron chi connectivity index (χ0n) is 11.5. The molecular formula is C16H20N2O. The Bertz CT molecular complexity index is 526. The van der Waals surface area contributed by atoms with Crippen molar-refractivity contribution < 1.29 is 4.74 Å². The van der Waals surface area contributed by atoms with E-state index in [0.717, 1.165) is 17.9 Å². The topological polar surface area (TPSA) is 38.5 Å². The number of nitrogens with two attached hydrogens (primary N) is 1. The second kappa shape index (κ2) is 6.14. The van der Waals surface area contributed by atoms with Gasteiger partial charge in [0.05, 0.1) is 12.2 Å². The molecular weight excluding hydrogens is 236 g/mol. The predicted octanol–water partition coefficient (Wildman–Crippen LogP) is 3.09. The van der Waals surface area contributed by atoms with E-state index in [9.17, 15) is 0 Å². The summed E-state index contributed by atoms with van der Waals surface area (Å²) in [5.41, 5.74) is 8.94. The molecule has 0 fully saturated rings. The number of hydrogen-bond acceptors (Lipinski definition) is 3. The fourth-order valence-corrected chi connectivity index (χ4v) is 1.90. The molecule has 3 heteroatoms. The Hall–Kier alpha value is -2.16. The minimum atomic E-state index is 0.610. The molecule has 2 rings (SSSR count). The van der Waals surface area contributed by atoms with Crippen molar-refractivity contribution in [2.75, 3.05) is 30.8 Å². The lowest BCUT2D eigenvalue weighted by atomic mass is 10.2. The monoisotopic (exact) mass is 256 g/mol. The van der Waals surface area contributed by atoms with E-state index in [1.807, 2.05) is 43.3 Å². The molecule has 0 aliphatic carbocycles. The lowest BCUT2D eigenvalue weighted by Gasteiger charge is -2.19. The van der Waals surface area contributed by atoms with Crippen molar-refractivity contribution in [1.82, 2.24) is 0 Å². The minimum absolute atomic E-state index is 0.610. The van der Waals surface area contributed by atoms with Crippen molar-refractivity contribution in [3.63, 3.8) is 0 Å². The number of para-hydroxylation sites is 1. The highest BCUT2D eigenvalue weighted by Crippen LogP contribution is 2.22. The molecule has 0 radical (unpaired) electrons. The van der Waals surface area contributed by atoms with Gasteiger partial charge < -0.3 is 15.4 Å². The van der Waals surface area contributed by atoms with E-state index >= 15 is 0 Å². The Morgan fingerprint density at radius 1 is 1.11 bits per heavy atom. The SMILES string of the molecule is Cc1ccc(OCCN(C)c2ccccc2)c(N)c1. The Labute approximate surface area is 114 Å². The molecule has 0 heterocycles. The zero-order chi connectivity index (χ0) is 13.7. The van der Waals surface area contributed by atoms with Crippen molar-refractivity contribution in [2.45, 2.75) is 6.92 Å². The molecule has 3 nitrogen and oxygen atoms in total. The van der Waals surface area contributed by atoms with Gasteiger partial charge in [-0.05, 0) is 36.8 Å². The van der Waals surface area contributed by atoms with Crippen LogP contribution in [-0.2, 0) is 0 Å². The molecule has 0 atom stereocenters. The van der Waals surface area contributed by atoms with Crippen molar-refractivity contribution in [2.24, 2.45) is 0 Å². The molecule has 0 aliphatic heterocycles. The number of benzene rings is 2. The number of hydrogen-bond donors (Lipinski definition) is 1. The highest BCUT2D eigenvalue weighted by molar-refractivity contribution is 5.54. The normalized spacial score (nSPS) is 10.2. The third kappa shape index (κ3) is 3.65. The Morgan fingerprint density at radius 2 is 1.84 bits per heavy atom. The average molecular weight is 256 g/mol. The van der Waals surface area contributed by atoms with Gasteiger partial charge in [0.15, 0.2) is 0 Å². The number of ether oxygens (including phenoxy) is 1. The first-order valence-corrected chi connectivity index (χ1v) is 6.42. The fraction of sp³-hybridized carbons (Fsp3) is 0.250. The summed E-state index contributed by atoms with van der Waals surface area (Å²) in [6.07, 6.45) is 0. The molecule has 19 heavy (non-hydrogen) atoms. The van der Waals surface area contributed by atoms with Gasteiger partial charge in [0.2, 0.25) is 0 Å². The Kier molecular flexibility index (Phi) is 4.29. The largest absolute Gasteiger partial charge is 0.490 e. The first-order chi connectivity index (χ1) is 9.16. The van der Waals surface area contributed by atoms with E-state index in [4.69, 9.17) is 10.5 Å². The molecule has 0 aliphatic rings. The summed E-state index contributed by atoms with van der Waals surface area (Å²) < 4.78 is 5.72. The second-order valence-corrected chi connectivity index (χ2v) is 4.65. The molecule has 100 valence electrons. The molecule has 0 saturated heterocycles. The predicted molar refractivity (Wildman–Crippen MR) is 80.8 cm³/mol. The van der Waals surface area contributed by atoms with Crippen LogP contribution < -0.4 is 15.4 Å². The maximum atomic E-state index is 5.91. The van der Waals surface area contributed by atoms with Gasteiger partial charge >= 0.3 is 0 Å². The summed E-state index contributed by atoms with van der Waals surface area (Å²) >= 11 is 0. The first-order valence-electron chi connectivity index (χ1n) is 6.42. The maximum absolute atomic E-state index is 5.91. The molecule has 2 aromatic carbocycles. The van der Waals surface area contributed by atoms with Gasteiger partial charge in [0.25, 0.3) is 0 Å². The standard InChI is InChI=1S/C16H20N2O/c1-13-8-9-16(15(17)12-13)19-11-10-18(2)14-6-4-3-5-7-14/h3-9,12H,10-11,17H2,1-2H3. The first kappa shape index (κ1) is 13.3. The second-order valence-electron chi connectivity index (χ2n) is 4.65. The molecule has 0 saturated carbocycles. The fourth-order valence-electron chi connectivity index (χ4n) is 1.90. The molecule has 0 aromatic heterocycles. The molecule has 2 N–H and O–H groups in total. The van der Waals surface area contributed by atoms with Gasteiger partial charge in [-0.15, -0.1) is 0 Å². The molecule has 0 bridgehead atoms. The van der Waals surface area contributed by atoms with Crippen LogP contribution in [0.5, 0.6) is 5.75 Å². The van der Waals surface area contributed by atoms with Crippen LogP contribution >= 0.6 is 0 Å². The zero-order valence-corrected chi connectivity index (χ0v) is 11.5. The van der Waals surface area contributed by atoms with Crippen LogP contribution in [0.2, 0.25) is 0 Å². The maximum Gasteiger partial charge on any atom is 0.142 e. The van der Waals surface area contributed by atoms with Crippen LogP contribution in [0.15, 0.2) is 48.5 Å². The van der Waals surface area contributed by atoms with Gasteiger partial charge in [0.1, 0.15) is 12.4 Å². The number of nitrogens with zero attached hydrogens (tertiary/aromatic N) is 1. The summed E-state index contributed by atoms with van der Waals surface area (Å²) in [5, 5.41) is 0. The quantitative estimate of drug-likeness (QED) is 0.835. The highest BCUT2D eigenvalue weighted by atomic mass is 16.5. The molecule has 0 amide bonds. The molecule has 0 unspecified atom stereocenters. The van der Waals surface area contributed by atoms with Crippen LogP contribution in [0, 0.1) is 6.92 Å². The van der Waals surface area contributed by atoms with E-state index in [1.165, 1.54) is 5.69 Å². The molecule has 0 spiro atoms. The van der Waals surface area contributed by atoms with Crippen molar-refractivity contribution in [3.8, 4) is 5.75 Å². The Morgan fingerprint density at radius 3 is 2.53 bits per heavy atom. The number of rotatable bonds is 5.